The summed E-state index contributed by atoms with van der Waals surface area (Å²) < 4.78 is 5.08. The average Bonchev–Trinajstić information content (AvgIpc) is 2.71. The largest absolute Gasteiger partial charge is 0.504 e. The van der Waals surface area contributed by atoms with Gasteiger partial charge in [0.1, 0.15) is 6.10 Å². The van der Waals surface area contributed by atoms with Gasteiger partial charge in [-0.1, -0.05) is 49.9 Å². The standard InChI is InChI=1S/C24H32O3/c1-27-24-19-20(17-18-23(24)26)13-9-6-4-2-3-5-7-12-16-22(25)21-14-10-8-11-15-21/h17-19,21-22,25-26H,2-8,10-11,14-15H2,1H3. The zero-order valence-corrected chi connectivity index (χ0v) is 16.5. The Hall–Kier alpha value is -2.10. The van der Waals surface area contributed by atoms with Crippen LogP contribution in [0, 0.1) is 29.6 Å². The fourth-order valence-electron chi connectivity index (χ4n) is 3.44. The van der Waals surface area contributed by atoms with Gasteiger partial charge in [-0.15, -0.1) is 5.92 Å². The lowest BCUT2D eigenvalue weighted by molar-refractivity contribution is 0.133. The van der Waals surface area contributed by atoms with Crippen LogP contribution in [0.1, 0.15) is 76.2 Å². The molecule has 146 valence electrons. The third-order valence-electron chi connectivity index (χ3n) is 5.11. The molecule has 0 amide bonds. The van der Waals surface area contributed by atoms with Crippen LogP contribution in [0.5, 0.6) is 11.5 Å². The summed E-state index contributed by atoms with van der Waals surface area (Å²) in [6.07, 6.45) is 11.9. The molecule has 1 unspecified atom stereocenters. The van der Waals surface area contributed by atoms with Gasteiger partial charge in [-0.05, 0) is 49.8 Å². The summed E-state index contributed by atoms with van der Waals surface area (Å²) in [5.74, 6) is 13.5. The minimum absolute atomic E-state index is 0.136. The summed E-state index contributed by atoms with van der Waals surface area (Å²) in [5, 5.41) is 19.7. The molecular weight excluding hydrogens is 336 g/mol. The predicted octanol–water partition coefficient (Wildman–Crippen LogP) is 5.04. The Morgan fingerprint density at radius 1 is 1.04 bits per heavy atom. The van der Waals surface area contributed by atoms with Crippen molar-refractivity contribution >= 4 is 0 Å². The van der Waals surface area contributed by atoms with Crippen molar-refractivity contribution in [2.45, 2.75) is 76.7 Å². The number of rotatable bonds is 7. The lowest BCUT2D eigenvalue weighted by atomic mass is 9.85. The van der Waals surface area contributed by atoms with Crippen LogP contribution in [-0.2, 0) is 0 Å². The zero-order chi connectivity index (χ0) is 19.3. The lowest BCUT2D eigenvalue weighted by Gasteiger charge is -2.23. The molecular formula is C24H32O3. The highest BCUT2D eigenvalue weighted by Gasteiger charge is 2.19. The Morgan fingerprint density at radius 2 is 1.74 bits per heavy atom. The number of phenols is 1. The number of phenolic OH excluding ortho intramolecular Hbond substituents is 1. The van der Waals surface area contributed by atoms with E-state index in [0.29, 0.717) is 11.7 Å². The molecule has 0 aromatic heterocycles. The van der Waals surface area contributed by atoms with E-state index in [2.05, 4.69) is 23.7 Å². The minimum Gasteiger partial charge on any atom is -0.504 e. The molecule has 0 saturated heterocycles. The Bertz CT molecular complexity index is 681. The Kier molecular flexibility index (Phi) is 9.67. The second kappa shape index (κ2) is 12.3. The van der Waals surface area contributed by atoms with E-state index in [1.54, 1.807) is 18.2 Å². The normalized spacial score (nSPS) is 15.2. The van der Waals surface area contributed by atoms with Crippen molar-refractivity contribution in [3.8, 4) is 35.2 Å². The van der Waals surface area contributed by atoms with Crippen LogP contribution in [0.4, 0.5) is 0 Å². The van der Waals surface area contributed by atoms with Gasteiger partial charge in [-0.2, -0.15) is 0 Å². The van der Waals surface area contributed by atoms with Crippen molar-refractivity contribution < 1.29 is 14.9 Å². The molecule has 1 aliphatic carbocycles. The molecule has 1 fully saturated rings. The number of ether oxygens (including phenoxy) is 1. The number of aliphatic hydroxyl groups excluding tert-OH is 1. The van der Waals surface area contributed by atoms with Gasteiger partial charge in [-0.25, -0.2) is 0 Å². The van der Waals surface area contributed by atoms with Crippen molar-refractivity contribution in [3.05, 3.63) is 23.8 Å². The molecule has 27 heavy (non-hydrogen) atoms. The fourth-order valence-corrected chi connectivity index (χ4v) is 3.44. The first-order chi connectivity index (χ1) is 13.2. The van der Waals surface area contributed by atoms with Crippen LogP contribution in [0.2, 0.25) is 0 Å². The van der Waals surface area contributed by atoms with Crippen molar-refractivity contribution in [2.24, 2.45) is 5.92 Å². The monoisotopic (exact) mass is 368 g/mol. The first kappa shape index (κ1) is 21.2. The highest BCUT2D eigenvalue weighted by atomic mass is 16.5. The zero-order valence-electron chi connectivity index (χ0n) is 16.5. The molecule has 2 rings (SSSR count). The van der Waals surface area contributed by atoms with Gasteiger partial charge >= 0.3 is 0 Å². The van der Waals surface area contributed by atoms with Crippen LogP contribution in [0.25, 0.3) is 0 Å². The Morgan fingerprint density at radius 3 is 2.44 bits per heavy atom. The fraction of sp³-hybridized carbons (Fsp3) is 0.583. The second-order valence-corrected chi connectivity index (χ2v) is 7.27. The molecule has 0 bridgehead atoms. The molecule has 0 heterocycles. The molecule has 3 nitrogen and oxygen atoms in total. The van der Waals surface area contributed by atoms with E-state index in [1.807, 2.05) is 0 Å². The van der Waals surface area contributed by atoms with E-state index < -0.39 is 6.10 Å². The molecule has 1 saturated carbocycles. The molecule has 1 aromatic carbocycles. The lowest BCUT2D eigenvalue weighted by Crippen LogP contribution is -2.21. The molecule has 0 aliphatic heterocycles. The van der Waals surface area contributed by atoms with Crippen LogP contribution in [0.15, 0.2) is 18.2 Å². The SMILES string of the molecule is COc1cc(C#CCCCCCCC#CC(O)C2CCCCC2)ccc1O. The molecule has 1 atom stereocenters. The summed E-state index contributed by atoms with van der Waals surface area (Å²) >= 11 is 0. The first-order valence-electron chi connectivity index (χ1n) is 10.2. The third kappa shape index (κ3) is 7.98. The number of unbranched alkanes of at least 4 members (excludes halogenated alkanes) is 5. The molecule has 1 aromatic rings. The minimum atomic E-state index is -0.418. The summed E-state index contributed by atoms with van der Waals surface area (Å²) in [5.41, 5.74) is 0.858. The molecule has 0 radical (unpaired) electrons. The van der Waals surface area contributed by atoms with Gasteiger partial charge in [-0.3, -0.25) is 0 Å². The smallest absolute Gasteiger partial charge is 0.161 e. The van der Waals surface area contributed by atoms with Crippen molar-refractivity contribution in [1.29, 1.82) is 0 Å². The second-order valence-electron chi connectivity index (χ2n) is 7.27. The Balaban J connectivity index is 1.55. The number of hydrogen-bond acceptors (Lipinski definition) is 3. The van der Waals surface area contributed by atoms with E-state index >= 15 is 0 Å². The summed E-state index contributed by atoms with van der Waals surface area (Å²) in [4.78, 5) is 0. The number of aromatic hydroxyl groups is 1. The van der Waals surface area contributed by atoms with Gasteiger partial charge < -0.3 is 14.9 Å². The van der Waals surface area contributed by atoms with Crippen LogP contribution in [-0.4, -0.2) is 23.4 Å². The summed E-state index contributed by atoms with van der Waals surface area (Å²) in [6.45, 7) is 0. The molecule has 3 heteroatoms. The number of benzene rings is 1. The quantitative estimate of drug-likeness (QED) is 0.524. The summed E-state index contributed by atoms with van der Waals surface area (Å²) in [7, 11) is 1.54. The maximum atomic E-state index is 10.1. The summed E-state index contributed by atoms with van der Waals surface area (Å²) in [6, 6.07) is 5.16. The van der Waals surface area contributed by atoms with E-state index in [0.717, 1.165) is 56.9 Å². The van der Waals surface area contributed by atoms with Crippen LogP contribution < -0.4 is 4.74 Å². The van der Waals surface area contributed by atoms with Gasteiger partial charge in [0.2, 0.25) is 0 Å². The average molecular weight is 369 g/mol. The third-order valence-corrected chi connectivity index (χ3v) is 5.11. The van der Waals surface area contributed by atoms with Gasteiger partial charge in [0.05, 0.1) is 7.11 Å². The Labute approximate surface area is 164 Å². The van der Waals surface area contributed by atoms with Crippen LogP contribution in [0.3, 0.4) is 0 Å². The van der Waals surface area contributed by atoms with Crippen molar-refractivity contribution in [3.63, 3.8) is 0 Å². The topological polar surface area (TPSA) is 49.7 Å². The highest BCUT2D eigenvalue weighted by molar-refractivity contribution is 5.47. The number of hydrogen-bond donors (Lipinski definition) is 2. The first-order valence-corrected chi connectivity index (χ1v) is 10.2. The van der Waals surface area contributed by atoms with Crippen molar-refractivity contribution in [1.82, 2.24) is 0 Å². The molecule has 1 aliphatic rings. The van der Waals surface area contributed by atoms with E-state index in [4.69, 9.17) is 4.74 Å². The van der Waals surface area contributed by atoms with Gasteiger partial charge in [0, 0.05) is 18.4 Å². The molecule has 2 N–H and O–H groups in total. The number of methoxy groups -OCH3 is 1. The van der Waals surface area contributed by atoms with Gasteiger partial charge in [0.15, 0.2) is 11.5 Å². The van der Waals surface area contributed by atoms with Gasteiger partial charge in [0.25, 0.3) is 0 Å². The van der Waals surface area contributed by atoms with E-state index in [1.165, 1.54) is 26.4 Å². The van der Waals surface area contributed by atoms with Crippen LogP contribution >= 0.6 is 0 Å². The maximum Gasteiger partial charge on any atom is 0.161 e. The number of aliphatic hydroxyl groups is 1. The van der Waals surface area contributed by atoms with Crippen molar-refractivity contribution in [2.75, 3.05) is 7.11 Å². The predicted molar refractivity (Wildman–Crippen MR) is 110 cm³/mol. The highest BCUT2D eigenvalue weighted by Crippen LogP contribution is 2.26. The van der Waals surface area contributed by atoms with E-state index in [9.17, 15) is 10.2 Å². The molecule has 0 spiro atoms. The maximum absolute atomic E-state index is 10.1. The van der Waals surface area contributed by atoms with E-state index in [-0.39, 0.29) is 5.75 Å².